The SMILES string of the molecule is CN1C(=O)CC(NS(=O)(=O)c2c[nH]c(=O)c(Cl)c2)C1=O. The number of likely N-dealkylation sites (tertiary alicyclic amines) is 1. The van der Waals surface area contributed by atoms with E-state index in [1.807, 2.05) is 0 Å². The quantitative estimate of drug-likeness (QED) is 0.698. The predicted molar refractivity (Wildman–Crippen MR) is 68.6 cm³/mol. The highest BCUT2D eigenvalue weighted by atomic mass is 35.5. The molecule has 1 aliphatic rings. The van der Waals surface area contributed by atoms with Crippen molar-refractivity contribution in [2.75, 3.05) is 7.05 Å². The molecular weight excluding hydrogens is 310 g/mol. The van der Waals surface area contributed by atoms with Gasteiger partial charge in [0.05, 0.1) is 11.3 Å². The highest BCUT2D eigenvalue weighted by Crippen LogP contribution is 2.16. The average molecular weight is 320 g/mol. The second-order valence-corrected chi connectivity index (χ2v) is 6.30. The van der Waals surface area contributed by atoms with Crippen LogP contribution in [0.15, 0.2) is 22.0 Å². The Bertz CT molecular complexity index is 742. The second kappa shape index (κ2) is 5.00. The molecule has 0 radical (unpaired) electrons. The Kier molecular flexibility index (Phi) is 3.67. The van der Waals surface area contributed by atoms with Crippen molar-refractivity contribution in [3.63, 3.8) is 0 Å². The van der Waals surface area contributed by atoms with Crippen LogP contribution in [0.25, 0.3) is 0 Å². The van der Waals surface area contributed by atoms with Gasteiger partial charge in [-0.25, -0.2) is 8.42 Å². The molecule has 0 spiro atoms. The van der Waals surface area contributed by atoms with Gasteiger partial charge in [0.1, 0.15) is 11.1 Å². The molecule has 20 heavy (non-hydrogen) atoms. The first-order valence-corrected chi connectivity index (χ1v) is 7.29. The Hall–Kier alpha value is -1.71. The Balaban J connectivity index is 2.28. The Morgan fingerprint density at radius 1 is 1.40 bits per heavy atom. The number of likely N-dealkylation sites (N-methyl/N-ethyl adjacent to an activating group) is 1. The van der Waals surface area contributed by atoms with Gasteiger partial charge in [0, 0.05) is 13.2 Å². The van der Waals surface area contributed by atoms with Gasteiger partial charge in [0.2, 0.25) is 21.8 Å². The minimum atomic E-state index is -4.07. The van der Waals surface area contributed by atoms with Crippen LogP contribution >= 0.6 is 11.6 Å². The molecule has 1 aliphatic heterocycles. The van der Waals surface area contributed by atoms with Crippen LogP contribution in [0.5, 0.6) is 0 Å². The molecule has 10 heteroatoms. The topological polar surface area (TPSA) is 116 Å². The number of hydrogen-bond acceptors (Lipinski definition) is 5. The van der Waals surface area contributed by atoms with Gasteiger partial charge >= 0.3 is 0 Å². The minimum absolute atomic E-state index is 0.244. The van der Waals surface area contributed by atoms with Gasteiger partial charge < -0.3 is 4.98 Å². The van der Waals surface area contributed by atoms with E-state index in [1.54, 1.807) is 0 Å². The molecule has 108 valence electrons. The van der Waals surface area contributed by atoms with Crippen molar-refractivity contribution in [2.45, 2.75) is 17.4 Å². The molecule has 8 nitrogen and oxygen atoms in total. The number of carbonyl (C=O) groups is 2. The first-order valence-electron chi connectivity index (χ1n) is 5.43. The van der Waals surface area contributed by atoms with Crippen molar-refractivity contribution in [3.8, 4) is 0 Å². The highest BCUT2D eigenvalue weighted by molar-refractivity contribution is 7.89. The van der Waals surface area contributed by atoms with Crippen LogP contribution in [0.4, 0.5) is 0 Å². The molecule has 0 aliphatic carbocycles. The molecule has 1 fully saturated rings. The molecular formula is C10H10ClN3O5S. The summed E-state index contributed by atoms with van der Waals surface area (Å²) in [6.07, 6.45) is 0.715. The third-order valence-electron chi connectivity index (χ3n) is 2.82. The van der Waals surface area contributed by atoms with Gasteiger partial charge in [-0.15, -0.1) is 0 Å². The summed E-state index contributed by atoms with van der Waals surface area (Å²) in [4.78, 5) is 36.7. The number of H-pyrrole nitrogens is 1. The summed E-state index contributed by atoms with van der Waals surface area (Å²) in [5.74, 6) is -1.10. The van der Waals surface area contributed by atoms with Gasteiger partial charge in [0.25, 0.3) is 5.56 Å². The maximum atomic E-state index is 12.0. The van der Waals surface area contributed by atoms with E-state index in [-0.39, 0.29) is 16.3 Å². The molecule has 0 aromatic carbocycles. The van der Waals surface area contributed by atoms with Gasteiger partial charge in [-0.3, -0.25) is 19.3 Å². The minimum Gasteiger partial charge on any atom is -0.326 e. The zero-order valence-corrected chi connectivity index (χ0v) is 11.8. The lowest BCUT2D eigenvalue weighted by atomic mass is 10.3. The highest BCUT2D eigenvalue weighted by Gasteiger charge is 2.38. The Morgan fingerprint density at radius 2 is 2.05 bits per heavy atom. The van der Waals surface area contributed by atoms with Crippen LogP contribution < -0.4 is 10.3 Å². The average Bonchev–Trinajstić information content (AvgIpc) is 2.60. The molecule has 1 atom stereocenters. The molecule has 2 rings (SSSR count). The zero-order chi connectivity index (χ0) is 15.1. The van der Waals surface area contributed by atoms with Crippen molar-refractivity contribution >= 4 is 33.4 Å². The molecule has 1 aromatic rings. The van der Waals surface area contributed by atoms with E-state index in [9.17, 15) is 22.8 Å². The van der Waals surface area contributed by atoms with Gasteiger partial charge in [-0.2, -0.15) is 4.72 Å². The number of hydrogen-bond donors (Lipinski definition) is 2. The number of imide groups is 1. The number of aromatic amines is 1. The third-order valence-corrected chi connectivity index (χ3v) is 4.55. The standard InChI is InChI=1S/C10H10ClN3O5S/c1-14-8(15)3-7(10(14)17)13-20(18,19)5-2-6(11)9(16)12-4-5/h2,4,7,13H,3H2,1H3,(H,12,16). The van der Waals surface area contributed by atoms with E-state index in [0.29, 0.717) is 0 Å². The van der Waals surface area contributed by atoms with Crippen LogP contribution in [0.1, 0.15) is 6.42 Å². The van der Waals surface area contributed by atoms with E-state index in [4.69, 9.17) is 11.6 Å². The summed E-state index contributed by atoms with van der Waals surface area (Å²) >= 11 is 5.55. The number of halogens is 1. The molecule has 2 amide bonds. The molecule has 0 saturated carbocycles. The summed E-state index contributed by atoms with van der Waals surface area (Å²) in [6.45, 7) is 0. The van der Waals surface area contributed by atoms with Crippen LogP contribution in [0.3, 0.4) is 0 Å². The second-order valence-electron chi connectivity index (χ2n) is 4.18. The van der Waals surface area contributed by atoms with E-state index in [2.05, 4.69) is 9.71 Å². The fourth-order valence-electron chi connectivity index (χ4n) is 1.70. The molecule has 2 N–H and O–H groups in total. The summed E-state index contributed by atoms with van der Waals surface area (Å²) in [7, 11) is -2.79. The zero-order valence-electron chi connectivity index (χ0n) is 10.2. The van der Waals surface area contributed by atoms with Crippen molar-refractivity contribution < 1.29 is 18.0 Å². The van der Waals surface area contributed by atoms with E-state index < -0.39 is 33.4 Å². The van der Waals surface area contributed by atoms with Crippen LogP contribution in [-0.2, 0) is 19.6 Å². The molecule has 1 unspecified atom stereocenters. The number of amides is 2. The predicted octanol–water partition coefficient (Wildman–Crippen LogP) is -0.936. The fourth-order valence-corrected chi connectivity index (χ4v) is 3.11. The lowest BCUT2D eigenvalue weighted by Gasteiger charge is -2.11. The van der Waals surface area contributed by atoms with Crippen molar-refractivity contribution in [2.24, 2.45) is 0 Å². The fraction of sp³-hybridized carbons (Fsp3) is 0.300. The van der Waals surface area contributed by atoms with Crippen LogP contribution in [0.2, 0.25) is 5.02 Å². The van der Waals surface area contributed by atoms with Gasteiger partial charge in [-0.1, -0.05) is 11.6 Å². The summed E-state index contributed by atoms with van der Waals surface area (Å²) in [5, 5.41) is -0.293. The van der Waals surface area contributed by atoms with Gasteiger partial charge in [-0.05, 0) is 6.07 Å². The van der Waals surface area contributed by atoms with Crippen molar-refractivity contribution in [1.29, 1.82) is 0 Å². The monoisotopic (exact) mass is 319 g/mol. The number of nitrogens with one attached hydrogen (secondary N) is 2. The van der Waals surface area contributed by atoms with E-state index >= 15 is 0 Å². The van der Waals surface area contributed by atoms with Crippen molar-refractivity contribution in [3.05, 3.63) is 27.6 Å². The maximum Gasteiger partial charge on any atom is 0.266 e. The maximum absolute atomic E-state index is 12.0. The largest absolute Gasteiger partial charge is 0.326 e. The first kappa shape index (κ1) is 14.7. The van der Waals surface area contributed by atoms with Crippen LogP contribution in [-0.4, -0.2) is 43.2 Å². The van der Waals surface area contributed by atoms with E-state index in [0.717, 1.165) is 17.2 Å². The number of carbonyl (C=O) groups excluding carboxylic acids is 2. The molecule has 1 saturated heterocycles. The Labute approximate surface area is 118 Å². The number of pyridine rings is 1. The molecule has 2 heterocycles. The van der Waals surface area contributed by atoms with E-state index in [1.165, 1.54) is 7.05 Å². The van der Waals surface area contributed by atoms with Crippen molar-refractivity contribution in [1.82, 2.24) is 14.6 Å². The Morgan fingerprint density at radius 3 is 2.55 bits per heavy atom. The lowest BCUT2D eigenvalue weighted by Crippen LogP contribution is -2.40. The summed E-state index contributed by atoms with van der Waals surface area (Å²) < 4.78 is 26.2. The number of nitrogens with zero attached hydrogens (tertiary/aromatic N) is 1. The normalized spacial score (nSPS) is 19.7. The lowest BCUT2D eigenvalue weighted by molar-refractivity contribution is -0.137. The smallest absolute Gasteiger partial charge is 0.266 e. The molecule has 1 aromatic heterocycles. The number of aromatic nitrogens is 1. The number of sulfonamides is 1. The number of rotatable bonds is 3. The van der Waals surface area contributed by atoms with Crippen LogP contribution in [0, 0.1) is 0 Å². The molecule has 0 bridgehead atoms. The third kappa shape index (κ3) is 2.60. The first-order chi connectivity index (χ1) is 9.22. The van der Waals surface area contributed by atoms with Gasteiger partial charge in [0.15, 0.2) is 0 Å². The summed E-state index contributed by atoms with van der Waals surface area (Å²) in [6, 6.07) is -0.184. The summed E-state index contributed by atoms with van der Waals surface area (Å²) in [5.41, 5.74) is -0.627.